The molecule has 0 saturated carbocycles. The summed E-state index contributed by atoms with van der Waals surface area (Å²) >= 11 is 0. The summed E-state index contributed by atoms with van der Waals surface area (Å²) in [6.45, 7) is 1.89. The van der Waals surface area contributed by atoms with E-state index in [1.807, 2.05) is 13.0 Å². The molecule has 3 nitrogen and oxygen atoms in total. The Labute approximate surface area is 72.0 Å². The second-order valence-electron chi connectivity index (χ2n) is 2.67. The van der Waals surface area contributed by atoms with Gasteiger partial charge in [0.25, 0.3) is 0 Å². The molecule has 0 spiro atoms. The van der Waals surface area contributed by atoms with E-state index in [0.717, 1.165) is 11.0 Å². The molecule has 0 unspecified atom stereocenters. The minimum Gasteiger partial charge on any atom is -0.449 e. The molecule has 1 aromatic carbocycles. The first kappa shape index (κ1) is 8.81. The van der Waals surface area contributed by atoms with Gasteiger partial charge in [-0.3, -0.25) is 0 Å². The van der Waals surface area contributed by atoms with Gasteiger partial charge < -0.3 is 16.2 Å². The molecule has 4 N–H and O–H groups in total. The van der Waals surface area contributed by atoms with Gasteiger partial charge in [-0.15, -0.1) is 0 Å². The number of benzene rings is 1. The molecular formula is C8H11BN2O. The number of nitrogen functional groups attached to an aromatic ring is 1. The van der Waals surface area contributed by atoms with Crippen molar-refractivity contribution in [1.29, 1.82) is 5.41 Å². The van der Waals surface area contributed by atoms with Gasteiger partial charge in [0, 0.05) is 17.5 Å². The molecule has 62 valence electrons. The lowest BCUT2D eigenvalue weighted by Gasteiger charge is -2.07. The van der Waals surface area contributed by atoms with Crippen molar-refractivity contribution in [2.75, 3.05) is 5.73 Å². The van der Waals surface area contributed by atoms with Gasteiger partial charge >= 0.3 is 7.48 Å². The van der Waals surface area contributed by atoms with Crippen molar-refractivity contribution in [3.05, 3.63) is 23.3 Å². The first-order valence-electron chi connectivity index (χ1n) is 3.70. The Kier molecular flexibility index (Phi) is 2.50. The van der Waals surface area contributed by atoms with Crippen molar-refractivity contribution < 1.29 is 5.02 Å². The average Bonchev–Trinajstić information content (AvgIpc) is 2.08. The van der Waals surface area contributed by atoms with Crippen LogP contribution in [-0.2, 0) is 0 Å². The summed E-state index contributed by atoms with van der Waals surface area (Å²) in [6, 6.07) is 3.59. The van der Waals surface area contributed by atoms with E-state index in [4.69, 9.17) is 16.2 Å². The van der Waals surface area contributed by atoms with E-state index in [2.05, 4.69) is 0 Å². The number of nitrogens with one attached hydrogen (secondary N) is 1. The van der Waals surface area contributed by atoms with Crippen LogP contribution in [0.25, 0.3) is 0 Å². The lowest BCUT2D eigenvalue weighted by molar-refractivity contribution is 0.615. The SMILES string of the molecule is Cc1ccc(N)c(C=N)c1BO. The Hall–Kier alpha value is -1.29. The first-order chi connectivity index (χ1) is 5.70. The van der Waals surface area contributed by atoms with Crippen LogP contribution >= 0.6 is 0 Å². The molecule has 12 heavy (non-hydrogen) atoms. The second kappa shape index (κ2) is 3.41. The van der Waals surface area contributed by atoms with E-state index in [9.17, 15) is 0 Å². The molecule has 0 aliphatic rings. The van der Waals surface area contributed by atoms with Gasteiger partial charge in [-0.05, 0) is 18.5 Å². The third-order valence-electron chi connectivity index (χ3n) is 1.93. The van der Waals surface area contributed by atoms with Crippen LogP contribution in [0.4, 0.5) is 5.69 Å². The highest BCUT2D eigenvalue weighted by atomic mass is 16.2. The third-order valence-corrected chi connectivity index (χ3v) is 1.93. The Morgan fingerprint density at radius 1 is 1.58 bits per heavy atom. The highest BCUT2D eigenvalue weighted by Gasteiger charge is 2.06. The summed E-state index contributed by atoms with van der Waals surface area (Å²) in [5.74, 6) is 0. The van der Waals surface area contributed by atoms with Gasteiger partial charge in [-0.25, -0.2) is 0 Å². The zero-order chi connectivity index (χ0) is 9.14. The maximum absolute atomic E-state index is 9.00. The Morgan fingerprint density at radius 2 is 2.25 bits per heavy atom. The summed E-state index contributed by atoms with van der Waals surface area (Å²) in [6.07, 6.45) is 1.17. The van der Waals surface area contributed by atoms with Crippen molar-refractivity contribution in [3.63, 3.8) is 0 Å². The van der Waals surface area contributed by atoms with E-state index in [1.165, 1.54) is 6.21 Å². The molecule has 0 amide bonds. The largest absolute Gasteiger partial charge is 0.449 e. The van der Waals surface area contributed by atoms with Crippen molar-refractivity contribution >= 4 is 24.8 Å². The molecule has 1 aromatic rings. The van der Waals surface area contributed by atoms with E-state index in [0.29, 0.717) is 11.3 Å². The number of anilines is 1. The molecule has 0 aromatic heterocycles. The number of aryl methyl sites for hydroxylation is 1. The smallest absolute Gasteiger partial charge is 0.305 e. The summed E-state index contributed by atoms with van der Waals surface area (Å²) in [5.41, 5.74) is 8.48. The average molecular weight is 162 g/mol. The van der Waals surface area contributed by atoms with Gasteiger partial charge in [0.15, 0.2) is 0 Å². The summed E-state index contributed by atoms with van der Waals surface area (Å²) in [4.78, 5) is 0. The standard InChI is InChI=1S/C8H11BN2O/c1-5-2-3-7(11)6(4-10)8(5)9-12/h2-4,9-10,12H,11H2,1H3. The van der Waals surface area contributed by atoms with Gasteiger partial charge in [0.2, 0.25) is 0 Å². The molecular weight excluding hydrogens is 151 g/mol. The van der Waals surface area contributed by atoms with Crippen LogP contribution < -0.4 is 11.2 Å². The molecule has 4 heteroatoms. The number of rotatable bonds is 2. The van der Waals surface area contributed by atoms with Gasteiger partial charge in [0.05, 0.1) is 0 Å². The van der Waals surface area contributed by atoms with Crippen molar-refractivity contribution in [2.45, 2.75) is 6.92 Å². The molecule has 0 fully saturated rings. The monoisotopic (exact) mass is 162 g/mol. The van der Waals surface area contributed by atoms with Crippen LogP contribution in [0.2, 0.25) is 0 Å². The van der Waals surface area contributed by atoms with Crippen molar-refractivity contribution in [1.82, 2.24) is 0 Å². The molecule has 0 bridgehead atoms. The van der Waals surface area contributed by atoms with Crippen LogP contribution in [0.15, 0.2) is 12.1 Å². The number of hydrogen-bond acceptors (Lipinski definition) is 3. The topological polar surface area (TPSA) is 70.1 Å². The third kappa shape index (κ3) is 1.33. The maximum atomic E-state index is 9.00. The van der Waals surface area contributed by atoms with Gasteiger partial charge in [-0.2, -0.15) is 0 Å². The highest BCUT2D eigenvalue weighted by Crippen LogP contribution is 2.08. The Balaban J connectivity index is 3.38. The fourth-order valence-corrected chi connectivity index (χ4v) is 1.17. The lowest BCUT2D eigenvalue weighted by atomic mass is 9.80. The molecule has 0 aliphatic carbocycles. The summed E-state index contributed by atoms with van der Waals surface area (Å²) < 4.78 is 0. The van der Waals surface area contributed by atoms with Gasteiger partial charge in [-0.1, -0.05) is 11.6 Å². The number of nitrogens with two attached hydrogens (primary N) is 1. The minimum atomic E-state index is -0.0679. The lowest BCUT2D eigenvalue weighted by Crippen LogP contribution is -2.23. The van der Waals surface area contributed by atoms with E-state index in [-0.39, 0.29) is 7.48 Å². The molecule has 0 heterocycles. The Morgan fingerprint density at radius 3 is 2.67 bits per heavy atom. The summed E-state index contributed by atoms with van der Waals surface area (Å²) in [7, 11) is -0.0679. The van der Waals surface area contributed by atoms with E-state index in [1.54, 1.807) is 6.07 Å². The van der Waals surface area contributed by atoms with Crippen LogP contribution in [0.1, 0.15) is 11.1 Å². The van der Waals surface area contributed by atoms with Crippen LogP contribution in [-0.4, -0.2) is 18.7 Å². The van der Waals surface area contributed by atoms with Crippen molar-refractivity contribution in [2.24, 2.45) is 0 Å². The molecule has 0 saturated heterocycles. The predicted octanol–water partition coefficient (Wildman–Crippen LogP) is -0.456. The fourth-order valence-electron chi connectivity index (χ4n) is 1.17. The van der Waals surface area contributed by atoms with Crippen LogP contribution in [0.5, 0.6) is 0 Å². The number of hydrogen-bond donors (Lipinski definition) is 3. The quantitative estimate of drug-likeness (QED) is 0.313. The normalized spacial score (nSPS) is 9.50. The maximum Gasteiger partial charge on any atom is 0.305 e. The molecule has 0 radical (unpaired) electrons. The minimum absolute atomic E-state index is 0.0679. The molecule has 0 atom stereocenters. The van der Waals surface area contributed by atoms with Gasteiger partial charge in [0.1, 0.15) is 0 Å². The van der Waals surface area contributed by atoms with Crippen LogP contribution in [0, 0.1) is 12.3 Å². The zero-order valence-corrected chi connectivity index (χ0v) is 6.96. The van der Waals surface area contributed by atoms with Crippen LogP contribution in [0.3, 0.4) is 0 Å². The predicted molar refractivity (Wildman–Crippen MR) is 52.5 cm³/mol. The van der Waals surface area contributed by atoms with E-state index < -0.39 is 0 Å². The second-order valence-corrected chi connectivity index (χ2v) is 2.67. The molecule has 0 aliphatic heterocycles. The fraction of sp³-hybridized carbons (Fsp3) is 0.125. The molecule has 1 rings (SSSR count). The zero-order valence-electron chi connectivity index (χ0n) is 6.96. The van der Waals surface area contributed by atoms with Crippen molar-refractivity contribution in [3.8, 4) is 0 Å². The first-order valence-corrected chi connectivity index (χ1v) is 3.70. The highest BCUT2D eigenvalue weighted by molar-refractivity contribution is 6.48. The van der Waals surface area contributed by atoms with E-state index >= 15 is 0 Å². The Bertz CT molecular complexity index is 312. The summed E-state index contributed by atoms with van der Waals surface area (Å²) in [5, 5.41) is 16.1.